The fourth-order valence-electron chi connectivity index (χ4n) is 2.72. The van der Waals surface area contributed by atoms with Crippen LogP contribution >= 0.6 is 0 Å². The second-order valence-corrected chi connectivity index (χ2v) is 7.80. The van der Waals surface area contributed by atoms with Gasteiger partial charge in [-0.05, 0) is 23.6 Å². The molecule has 2 aromatic rings. The molecule has 142 valence electrons. The van der Waals surface area contributed by atoms with E-state index in [0.29, 0.717) is 24.7 Å². The van der Waals surface area contributed by atoms with Gasteiger partial charge in [0.15, 0.2) is 5.82 Å². The Kier molecular flexibility index (Phi) is 6.40. The fourth-order valence-corrected chi connectivity index (χ4v) is 2.72. The Labute approximate surface area is 155 Å². The van der Waals surface area contributed by atoms with Gasteiger partial charge < -0.3 is 14.6 Å². The normalized spacial score (nSPS) is 12.9. The van der Waals surface area contributed by atoms with Crippen LogP contribution < -0.4 is 10.1 Å². The van der Waals surface area contributed by atoms with E-state index in [1.165, 1.54) is 0 Å². The van der Waals surface area contributed by atoms with Gasteiger partial charge in [0.05, 0.1) is 13.0 Å². The molecular weight excluding hydrogens is 330 g/mol. The van der Waals surface area contributed by atoms with E-state index >= 15 is 0 Å². The molecule has 1 N–H and O–H groups in total. The average molecular weight is 359 g/mol. The summed E-state index contributed by atoms with van der Waals surface area (Å²) in [4.78, 5) is 17.1. The molecule has 6 nitrogen and oxygen atoms in total. The van der Waals surface area contributed by atoms with Crippen molar-refractivity contribution in [1.82, 2.24) is 15.5 Å². The zero-order valence-electron chi connectivity index (χ0n) is 16.5. The van der Waals surface area contributed by atoms with Crippen LogP contribution in [0.3, 0.4) is 0 Å². The summed E-state index contributed by atoms with van der Waals surface area (Å²) in [6.45, 7) is 10.6. The van der Waals surface area contributed by atoms with Gasteiger partial charge in [-0.25, -0.2) is 0 Å². The highest BCUT2D eigenvalue weighted by Crippen LogP contribution is 2.26. The van der Waals surface area contributed by atoms with Gasteiger partial charge in [0.1, 0.15) is 5.75 Å². The molecule has 0 saturated heterocycles. The fraction of sp³-hybridized carbons (Fsp3) is 0.550. The lowest BCUT2D eigenvalue weighted by atomic mass is 9.87. The number of amides is 1. The van der Waals surface area contributed by atoms with Gasteiger partial charge >= 0.3 is 0 Å². The maximum atomic E-state index is 12.7. The predicted molar refractivity (Wildman–Crippen MR) is 100 cm³/mol. The van der Waals surface area contributed by atoms with Crippen molar-refractivity contribution in [2.24, 2.45) is 5.92 Å². The Hall–Kier alpha value is -2.37. The van der Waals surface area contributed by atoms with E-state index in [-0.39, 0.29) is 23.2 Å². The molecule has 0 aliphatic rings. The summed E-state index contributed by atoms with van der Waals surface area (Å²) in [6, 6.07) is 7.65. The molecule has 26 heavy (non-hydrogen) atoms. The number of nitrogens with zero attached hydrogens (tertiary/aromatic N) is 2. The molecule has 0 saturated carbocycles. The summed E-state index contributed by atoms with van der Waals surface area (Å²) in [5.74, 6) is 1.98. The first-order chi connectivity index (χ1) is 12.2. The standard InChI is InChI=1S/C20H29N3O3/c1-13(2)17(14-7-9-15(25-6)10-8-14)18(24)21-12-11-16-22-19(26-23-16)20(3,4)5/h7-10,13,17H,11-12H2,1-6H3,(H,21,24). The summed E-state index contributed by atoms with van der Waals surface area (Å²) < 4.78 is 10.5. The number of carbonyl (C=O) groups excluding carboxylic acids is 1. The van der Waals surface area contributed by atoms with Crippen molar-refractivity contribution in [3.63, 3.8) is 0 Å². The molecule has 1 unspecified atom stereocenters. The Balaban J connectivity index is 1.96. The third-order valence-corrected chi connectivity index (χ3v) is 4.18. The Morgan fingerprint density at radius 2 is 1.88 bits per heavy atom. The van der Waals surface area contributed by atoms with Crippen LogP contribution in [-0.2, 0) is 16.6 Å². The van der Waals surface area contributed by atoms with Crippen molar-refractivity contribution in [3.05, 3.63) is 41.5 Å². The molecular formula is C20H29N3O3. The molecule has 0 bridgehead atoms. The maximum Gasteiger partial charge on any atom is 0.232 e. The van der Waals surface area contributed by atoms with Crippen molar-refractivity contribution >= 4 is 5.91 Å². The summed E-state index contributed by atoms with van der Waals surface area (Å²) in [5, 5.41) is 6.98. The van der Waals surface area contributed by atoms with Crippen LogP contribution in [0.15, 0.2) is 28.8 Å². The molecule has 1 atom stereocenters. The third-order valence-electron chi connectivity index (χ3n) is 4.18. The van der Waals surface area contributed by atoms with Crippen molar-refractivity contribution in [1.29, 1.82) is 0 Å². The topological polar surface area (TPSA) is 77.2 Å². The van der Waals surface area contributed by atoms with E-state index in [9.17, 15) is 4.79 Å². The molecule has 1 amide bonds. The second kappa shape index (κ2) is 8.34. The highest BCUT2D eigenvalue weighted by Gasteiger charge is 2.25. The number of nitrogens with one attached hydrogen (secondary N) is 1. The Bertz CT molecular complexity index is 715. The first-order valence-corrected chi connectivity index (χ1v) is 8.97. The van der Waals surface area contributed by atoms with Gasteiger partial charge in [-0.15, -0.1) is 0 Å². The van der Waals surface area contributed by atoms with E-state index in [0.717, 1.165) is 11.3 Å². The van der Waals surface area contributed by atoms with Crippen LogP contribution in [0.25, 0.3) is 0 Å². The molecule has 6 heteroatoms. The van der Waals surface area contributed by atoms with E-state index in [1.54, 1.807) is 7.11 Å². The van der Waals surface area contributed by atoms with Crippen molar-refractivity contribution in [2.45, 2.75) is 52.4 Å². The Morgan fingerprint density at radius 1 is 1.23 bits per heavy atom. The van der Waals surface area contributed by atoms with E-state index in [1.807, 2.05) is 58.9 Å². The van der Waals surface area contributed by atoms with Crippen LogP contribution in [0.5, 0.6) is 5.75 Å². The van der Waals surface area contributed by atoms with Gasteiger partial charge in [-0.2, -0.15) is 4.98 Å². The number of hydrogen-bond donors (Lipinski definition) is 1. The lowest BCUT2D eigenvalue weighted by molar-refractivity contribution is -0.123. The van der Waals surface area contributed by atoms with Crippen LogP contribution in [0.1, 0.15) is 57.8 Å². The van der Waals surface area contributed by atoms with Gasteiger partial charge in [-0.1, -0.05) is 51.9 Å². The first kappa shape index (κ1) is 19.9. The lowest BCUT2D eigenvalue weighted by Crippen LogP contribution is -2.33. The molecule has 2 rings (SSSR count). The minimum Gasteiger partial charge on any atom is -0.497 e. The largest absolute Gasteiger partial charge is 0.497 e. The Morgan fingerprint density at radius 3 is 2.38 bits per heavy atom. The van der Waals surface area contributed by atoms with Crippen LogP contribution in [-0.4, -0.2) is 29.7 Å². The minimum absolute atomic E-state index is 0.00436. The molecule has 0 aliphatic heterocycles. The van der Waals surface area contributed by atoms with Gasteiger partial charge in [0.2, 0.25) is 11.8 Å². The van der Waals surface area contributed by atoms with Crippen LogP contribution in [0, 0.1) is 5.92 Å². The number of methoxy groups -OCH3 is 1. The molecule has 0 aliphatic carbocycles. The number of carbonyl (C=O) groups is 1. The van der Waals surface area contributed by atoms with E-state index in [2.05, 4.69) is 15.5 Å². The third kappa shape index (κ3) is 5.07. The van der Waals surface area contributed by atoms with E-state index < -0.39 is 0 Å². The summed E-state index contributed by atoms with van der Waals surface area (Å²) in [7, 11) is 1.63. The lowest BCUT2D eigenvalue weighted by Gasteiger charge is -2.21. The first-order valence-electron chi connectivity index (χ1n) is 8.97. The molecule has 1 heterocycles. The number of hydrogen-bond acceptors (Lipinski definition) is 5. The van der Waals surface area contributed by atoms with Crippen molar-refractivity contribution in [2.75, 3.05) is 13.7 Å². The van der Waals surface area contributed by atoms with Gasteiger partial charge in [-0.3, -0.25) is 4.79 Å². The quantitative estimate of drug-likeness (QED) is 0.819. The molecule has 0 radical (unpaired) electrons. The zero-order valence-corrected chi connectivity index (χ0v) is 16.5. The molecule has 1 aromatic heterocycles. The monoisotopic (exact) mass is 359 g/mol. The summed E-state index contributed by atoms with van der Waals surface area (Å²) in [5.41, 5.74) is 0.805. The van der Waals surface area contributed by atoms with Crippen LogP contribution in [0.2, 0.25) is 0 Å². The SMILES string of the molecule is COc1ccc(C(C(=O)NCCc2noc(C(C)(C)C)n2)C(C)C)cc1. The van der Waals surface area contributed by atoms with Crippen molar-refractivity contribution in [3.8, 4) is 5.75 Å². The van der Waals surface area contributed by atoms with Crippen LogP contribution in [0.4, 0.5) is 0 Å². The predicted octanol–water partition coefficient (Wildman–Crippen LogP) is 3.47. The smallest absolute Gasteiger partial charge is 0.232 e. The molecule has 1 aromatic carbocycles. The number of ether oxygens (including phenoxy) is 1. The van der Waals surface area contributed by atoms with E-state index in [4.69, 9.17) is 9.26 Å². The minimum atomic E-state index is -0.212. The second-order valence-electron chi connectivity index (χ2n) is 7.80. The van der Waals surface area contributed by atoms with Gasteiger partial charge in [0.25, 0.3) is 0 Å². The number of benzene rings is 1. The highest BCUT2D eigenvalue weighted by molar-refractivity contribution is 5.83. The average Bonchev–Trinajstić information content (AvgIpc) is 3.04. The zero-order chi connectivity index (χ0) is 19.3. The summed E-state index contributed by atoms with van der Waals surface area (Å²) >= 11 is 0. The highest BCUT2D eigenvalue weighted by atomic mass is 16.5. The maximum absolute atomic E-state index is 12.7. The summed E-state index contributed by atoms with van der Waals surface area (Å²) in [6.07, 6.45) is 0.540. The van der Waals surface area contributed by atoms with Gasteiger partial charge in [0, 0.05) is 18.4 Å². The molecule has 0 fully saturated rings. The van der Waals surface area contributed by atoms with Crippen molar-refractivity contribution < 1.29 is 14.1 Å². The molecule has 0 spiro atoms. The number of aromatic nitrogens is 2. The number of rotatable bonds is 7.